The van der Waals surface area contributed by atoms with E-state index < -0.39 is 5.91 Å². The molecular weight excluding hydrogens is 346 g/mol. The van der Waals surface area contributed by atoms with Crippen molar-refractivity contribution < 1.29 is 14.4 Å². The highest BCUT2D eigenvalue weighted by atomic mass is 35.5. The first-order valence-corrected chi connectivity index (χ1v) is 7.47. The third kappa shape index (κ3) is 3.93. The minimum Gasteiger partial charge on any atom is -0.423 e. The topological polar surface area (TPSA) is 112 Å². The van der Waals surface area contributed by atoms with Crippen molar-refractivity contribution in [2.75, 3.05) is 5.32 Å². The maximum Gasteiger partial charge on any atom is 0.299 e. The molecule has 3 rings (SSSR count). The average molecular weight is 358 g/mol. The fourth-order valence-electron chi connectivity index (χ4n) is 2.11. The van der Waals surface area contributed by atoms with Crippen molar-refractivity contribution in [1.29, 1.82) is 0 Å². The summed E-state index contributed by atoms with van der Waals surface area (Å²) in [4.78, 5) is 16.1. The second-order valence-electron chi connectivity index (χ2n) is 4.84. The number of oxazole rings is 1. The van der Waals surface area contributed by atoms with Gasteiger partial charge in [-0.3, -0.25) is 4.79 Å². The minimum atomic E-state index is -0.551. The predicted octanol–water partition coefficient (Wildman–Crippen LogP) is 4.22. The number of carbonyl (C=O) groups excluding carboxylic acids is 1. The lowest BCUT2D eigenvalue weighted by atomic mass is 10.1. The van der Waals surface area contributed by atoms with Crippen LogP contribution >= 0.6 is 11.6 Å². The summed E-state index contributed by atoms with van der Waals surface area (Å²) in [6.45, 7) is 0. The number of nitrogens with one attached hydrogen (secondary N) is 2. The van der Waals surface area contributed by atoms with E-state index in [-0.39, 0.29) is 11.6 Å². The fraction of sp³-hybridized carbons (Fsp3) is 0. The molecule has 2 aromatic carbocycles. The Kier molecular flexibility index (Phi) is 4.91. The van der Waals surface area contributed by atoms with Gasteiger partial charge in [-0.25, -0.2) is 10.4 Å². The Hall–Kier alpha value is -3.39. The number of benzene rings is 2. The zero-order chi connectivity index (χ0) is 17.6. The molecule has 0 atom stereocenters. The molecule has 0 aliphatic carbocycles. The highest BCUT2D eigenvalue weighted by Crippen LogP contribution is 2.26. The fourth-order valence-corrected chi connectivity index (χ4v) is 2.24. The van der Waals surface area contributed by atoms with Crippen LogP contribution in [0.3, 0.4) is 0 Å². The summed E-state index contributed by atoms with van der Waals surface area (Å²) in [6, 6.07) is 14.0. The molecule has 3 aromatic rings. The van der Waals surface area contributed by atoms with E-state index in [0.717, 1.165) is 5.56 Å². The average Bonchev–Trinajstić information content (AvgIpc) is 3.09. The van der Waals surface area contributed by atoms with Gasteiger partial charge in [0.1, 0.15) is 0 Å². The molecular formula is C16H12ClN5O3. The molecule has 0 aliphatic rings. The van der Waals surface area contributed by atoms with Crippen molar-refractivity contribution in [3.05, 3.63) is 65.3 Å². The van der Waals surface area contributed by atoms with Crippen molar-refractivity contribution in [3.63, 3.8) is 0 Å². The first-order chi connectivity index (χ1) is 12.2. The van der Waals surface area contributed by atoms with Gasteiger partial charge < -0.3 is 14.9 Å². The first kappa shape index (κ1) is 16.5. The SMILES string of the molecule is O=C(NN=NO)c1ccccc1Nc1ncc(-c2ccc(Cl)cc2)o1. The molecule has 25 heavy (non-hydrogen) atoms. The van der Waals surface area contributed by atoms with Crippen LogP contribution in [0.2, 0.25) is 5.02 Å². The molecule has 0 spiro atoms. The van der Waals surface area contributed by atoms with Crippen LogP contribution in [0.4, 0.5) is 11.7 Å². The summed E-state index contributed by atoms with van der Waals surface area (Å²) in [5.41, 5.74) is 3.63. The zero-order valence-electron chi connectivity index (χ0n) is 12.7. The molecule has 1 aromatic heterocycles. The van der Waals surface area contributed by atoms with Gasteiger partial charge in [0.25, 0.3) is 11.9 Å². The Morgan fingerprint density at radius 1 is 1.16 bits per heavy atom. The molecule has 0 bridgehead atoms. The van der Waals surface area contributed by atoms with Crippen LogP contribution in [0.25, 0.3) is 11.3 Å². The highest BCUT2D eigenvalue weighted by Gasteiger charge is 2.13. The van der Waals surface area contributed by atoms with Crippen LogP contribution in [0.5, 0.6) is 0 Å². The largest absolute Gasteiger partial charge is 0.423 e. The van der Waals surface area contributed by atoms with Gasteiger partial charge in [0, 0.05) is 15.9 Å². The number of hydrogen-bond donors (Lipinski definition) is 3. The zero-order valence-corrected chi connectivity index (χ0v) is 13.4. The Morgan fingerprint density at radius 3 is 2.68 bits per heavy atom. The number of aromatic nitrogens is 1. The lowest BCUT2D eigenvalue weighted by Crippen LogP contribution is -2.18. The Morgan fingerprint density at radius 2 is 1.92 bits per heavy atom. The minimum absolute atomic E-state index is 0.217. The molecule has 9 heteroatoms. The summed E-state index contributed by atoms with van der Waals surface area (Å²) in [5, 5.41) is 17.4. The molecule has 1 heterocycles. The maximum atomic E-state index is 12.0. The van der Waals surface area contributed by atoms with E-state index in [4.69, 9.17) is 21.2 Å². The molecule has 126 valence electrons. The molecule has 0 fully saturated rings. The van der Waals surface area contributed by atoms with Crippen molar-refractivity contribution >= 4 is 29.2 Å². The number of amides is 1. The molecule has 8 nitrogen and oxygen atoms in total. The molecule has 0 saturated heterocycles. The van der Waals surface area contributed by atoms with Crippen LogP contribution in [0, 0.1) is 0 Å². The smallest absolute Gasteiger partial charge is 0.299 e. The molecule has 0 unspecified atom stereocenters. The maximum absolute atomic E-state index is 12.0. The number of rotatable bonds is 5. The van der Waals surface area contributed by atoms with Gasteiger partial charge in [0.15, 0.2) is 5.76 Å². The summed E-state index contributed by atoms with van der Waals surface area (Å²) < 4.78 is 5.65. The van der Waals surface area contributed by atoms with Gasteiger partial charge in [-0.15, -0.1) is 0 Å². The summed E-state index contributed by atoms with van der Waals surface area (Å²) in [7, 11) is 0. The van der Waals surface area contributed by atoms with Crippen LogP contribution < -0.4 is 10.7 Å². The van der Waals surface area contributed by atoms with Crippen molar-refractivity contribution in [2.24, 2.45) is 10.5 Å². The number of nitrogens with zero attached hydrogens (tertiary/aromatic N) is 3. The van der Waals surface area contributed by atoms with Crippen LogP contribution in [-0.4, -0.2) is 16.1 Å². The van der Waals surface area contributed by atoms with E-state index in [9.17, 15) is 4.79 Å². The number of anilines is 2. The molecule has 0 aliphatic heterocycles. The Bertz CT molecular complexity index is 908. The highest BCUT2D eigenvalue weighted by molar-refractivity contribution is 6.30. The van der Waals surface area contributed by atoms with Gasteiger partial charge in [-0.05, 0) is 41.6 Å². The number of para-hydroxylation sites is 1. The molecule has 1 amide bonds. The predicted molar refractivity (Wildman–Crippen MR) is 90.8 cm³/mol. The van der Waals surface area contributed by atoms with Gasteiger partial charge >= 0.3 is 0 Å². The molecule has 0 saturated carbocycles. The van der Waals surface area contributed by atoms with E-state index in [1.807, 2.05) is 12.1 Å². The number of hydrogen-bond acceptors (Lipinski definition) is 6. The second-order valence-corrected chi connectivity index (χ2v) is 5.27. The lowest BCUT2D eigenvalue weighted by Gasteiger charge is -2.07. The van der Waals surface area contributed by atoms with Crippen molar-refractivity contribution in [2.45, 2.75) is 0 Å². The van der Waals surface area contributed by atoms with Gasteiger partial charge in [-0.2, -0.15) is 0 Å². The summed E-state index contributed by atoms with van der Waals surface area (Å²) in [5.74, 6) is 0.000519. The third-order valence-electron chi connectivity index (χ3n) is 3.24. The second kappa shape index (κ2) is 7.45. The van der Waals surface area contributed by atoms with Crippen LogP contribution in [0.15, 0.2) is 69.6 Å². The van der Waals surface area contributed by atoms with Crippen LogP contribution in [0.1, 0.15) is 10.4 Å². The van der Waals surface area contributed by atoms with Gasteiger partial charge in [-0.1, -0.05) is 23.7 Å². The van der Waals surface area contributed by atoms with Crippen molar-refractivity contribution in [3.8, 4) is 11.3 Å². The standard InChI is InChI=1S/C16H12ClN5O3/c17-11-7-5-10(6-8-11)14-9-18-16(25-14)19-13-4-2-1-3-12(13)15(23)20-21-22-24/h1-9H,(H,18,19)(H,21,24)(H,20,22,23). The van der Waals surface area contributed by atoms with E-state index in [0.29, 0.717) is 16.5 Å². The number of halogens is 1. The first-order valence-electron chi connectivity index (χ1n) is 7.09. The van der Waals surface area contributed by atoms with E-state index in [2.05, 4.69) is 26.2 Å². The molecule has 0 radical (unpaired) electrons. The lowest BCUT2D eigenvalue weighted by molar-refractivity contribution is 0.0943. The Labute approximate surface area is 147 Å². The third-order valence-corrected chi connectivity index (χ3v) is 3.50. The van der Waals surface area contributed by atoms with Gasteiger partial charge in [0.2, 0.25) is 0 Å². The monoisotopic (exact) mass is 357 g/mol. The summed E-state index contributed by atoms with van der Waals surface area (Å²) >= 11 is 5.87. The molecule has 3 N–H and O–H groups in total. The Balaban J connectivity index is 1.82. The summed E-state index contributed by atoms with van der Waals surface area (Å²) in [6.07, 6.45) is 1.56. The van der Waals surface area contributed by atoms with Gasteiger partial charge in [0.05, 0.1) is 17.4 Å². The van der Waals surface area contributed by atoms with Crippen molar-refractivity contribution in [1.82, 2.24) is 10.4 Å². The van der Waals surface area contributed by atoms with E-state index >= 15 is 0 Å². The quantitative estimate of drug-likeness (QED) is 0.467. The van der Waals surface area contributed by atoms with E-state index in [1.54, 1.807) is 42.6 Å². The van der Waals surface area contributed by atoms with Crippen LogP contribution in [-0.2, 0) is 0 Å². The normalized spacial score (nSPS) is 10.8. The number of carbonyl (C=O) groups is 1. The van der Waals surface area contributed by atoms with E-state index in [1.165, 1.54) is 0 Å².